The van der Waals surface area contributed by atoms with Crippen molar-refractivity contribution >= 4 is 5.96 Å². The highest BCUT2D eigenvalue weighted by Gasteiger charge is 2.09. The number of benzene rings is 1. The van der Waals surface area contributed by atoms with Crippen LogP contribution in [0.2, 0.25) is 0 Å². The summed E-state index contributed by atoms with van der Waals surface area (Å²) in [5.41, 5.74) is 1.17. The molecule has 0 aliphatic carbocycles. The van der Waals surface area contributed by atoms with Gasteiger partial charge in [0.2, 0.25) is 0 Å². The number of hydrogen-bond donors (Lipinski definition) is 2. The van der Waals surface area contributed by atoms with Crippen molar-refractivity contribution in [3.05, 3.63) is 35.6 Å². The molecule has 118 valence electrons. The average Bonchev–Trinajstić information content (AvgIpc) is 2.40. The molecular weight excluding hydrogens is 267 g/mol. The quantitative estimate of drug-likeness (QED) is 0.497. The van der Waals surface area contributed by atoms with Crippen molar-refractivity contribution in [3.8, 4) is 0 Å². The highest BCUT2D eigenvalue weighted by atomic mass is 19.1. The van der Waals surface area contributed by atoms with E-state index in [1.54, 1.807) is 19.2 Å². The van der Waals surface area contributed by atoms with Gasteiger partial charge >= 0.3 is 0 Å². The first-order valence-corrected chi connectivity index (χ1v) is 7.23. The molecule has 0 atom stereocenters. The first kappa shape index (κ1) is 17.4. The van der Waals surface area contributed by atoms with E-state index in [4.69, 9.17) is 0 Å². The first-order chi connectivity index (χ1) is 9.81. The van der Waals surface area contributed by atoms with E-state index in [1.165, 1.54) is 12.1 Å². The van der Waals surface area contributed by atoms with Crippen LogP contribution < -0.4 is 10.6 Å². The molecule has 0 saturated carbocycles. The molecule has 5 heteroatoms. The van der Waals surface area contributed by atoms with Gasteiger partial charge in [-0.3, -0.25) is 4.99 Å². The van der Waals surface area contributed by atoms with Crippen molar-refractivity contribution in [2.75, 3.05) is 27.2 Å². The summed E-state index contributed by atoms with van der Waals surface area (Å²) in [5, 5.41) is 6.73. The Morgan fingerprint density at radius 1 is 1.19 bits per heavy atom. The number of nitrogens with zero attached hydrogens (tertiary/aromatic N) is 2. The molecule has 0 radical (unpaired) electrons. The molecule has 0 bridgehead atoms. The molecule has 0 aliphatic rings. The Morgan fingerprint density at radius 2 is 1.81 bits per heavy atom. The molecule has 0 unspecified atom stereocenters. The van der Waals surface area contributed by atoms with Gasteiger partial charge in [0.15, 0.2) is 5.96 Å². The van der Waals surface area contributed by atoms with E-state index in [9.17, 15) is 4.39 Å². The fourth-order valence-electron chi connectivity index (χ4n) is 1.94. The van der Waals surface area contributed by atoms with Crippen LogP contribution in [0.4, 0.5) is 4.39 Å². The summed E-state index contributed by atoms with van der Waals surface area (Å²) in [6.07, 6.45) is 0. The van der Waals surface area contributed by atoms with E-state index in [0.717, 1.165) is 24.6 Å². The molecule has 21 heavy (non-hydrogen) atoms. The number of hydrogen-bond acceptors (Lipinski definition) is 2. The van der Waals surface area contributed by atoms with Crippen LogP contribution in [-0.4, -0.2) is 43.6 Å². The lowest BCUT2D eigenvalue weighted by Crippen LogP contribution is -2.44. The van der Waals surface area contributed by atoms with Crippen molar-refractivity contribution in [1.82, 2.24) is 15.5 Å². The first-order valence-electron chi connectivity index (χ1n) is 7.23. The number of halogens is 1. The summed E-state index contributed by atoms with van der Waals surface area (Å²) in [6.45, 7) is 8.78. The lowest BCUT2D eigenvalue weighted by molar-refractivity contribution is 0.422. The summed E-state index contributed by atoms with van der Waals surface area (Å²) in [5.74, 6) is 0.618. The Morgan fingerprint density at radius 3 is 2.33 bits per heavy atom. The maximum Gasteiger partial charge on any atom is 0.193 e. The van der Waals surface area contributed by atoms with Crippen molar-refractivity contribution < 1.29 is 4.39 Å². The van der Waals surface area contributed by atoms with Gasteiger partial charge in [0.05, 0.1) is 0 Å². The third kappa shape index (κ3) is 7.09. The molecule has 1 aromatic rings. The minimum atomic E-state index is -0.211. The minimum Gasteiger partial charge on any atom is -0.355 e. The monoisotopic (exact) mass is 294 g/mol. The molecule has 0 aliphatic heterocycles. The van der Waals surface area contributed by atoms with Crippen LogP contribution in [0, 0.1) is 5.82 Å². The topological polar surface area (TPSA) is 39.7 Å². The second-order valence-corrected chi connectivity index (χ2v) is 6.13. The smallest absolute Gasteiger partial charge is 0.193 e. The van der Waals surface area contributed by atoms with E-state index in [2.05, 4.69) is 36.4 Å². The zero-order chi connectivity index (χ0) is 15.9. The molecule has 1 rings (SSSR count). The van der Waals surface area contributed by atoms with Crippen molar-refractivity contribution in [1.29, 1.82) is 0 Å². The van der Waals surface area contributed by atoms with E-state index in [1.807, 2.05) is 11.9 Å². The number of guanidine groups is 1. The van der Waals surface area contributed by atoms with Crippen molar-refractivity contribution in [3.63, 3.8) is 0 Å². The highest BCUT2D eigenvalue weighted by molar-refractivity contribution is 5.79. The lowest BCUT2D eigenvalue weighted by Gasteiger charge is -2.24. The van der Waals surface area contributed by atoms with Crippen LogP contribution >= 0.6 is 0 Å². The minimum absolute atomic E-state index is 0.116. The number of rotatable bonds is 5. The third-order valence-electron chi connectivity index (χ3n) is 2.97. The Kier molecular flexibility index (Phi) is 6.62. The summed E-state index contributed by atoms with van der Waals surface area (Å²) < 4.78 is 12.9. The Hall–Kier alpha value is -1.62. The van der Waals surface area contributed by atoms with Gasteiger partial charge in [-0.05, 0) is 38.5 Å². The van der Waals surface area contributed by atoms with Crippen LogP contribution in [-0.2, 0) is 6.54 Å². The SMILES string of the molecule is CN=C(NCCNC(C)(C)C)N(C)Cc1ccc(F)cc1. The average molecular weight is 294 g/mol. The maximum absolute atomic E-state index is 12.9. The predicted molar refractivity (Wildman–Crippen MR) is 87.0 cm³/mol. The zero-order valence-electron chi connectivity index (χ0n) is 13.7. The molecule has 0 heterocycles. The maximum atomic E-state index is 12.9. The molecular formula is C16H27FN4. The molecule has 4 nitrogen and oxygen atoms in total. The summed E-state index contributed by atoms with van der Waals surface area (Å²) >= 11 is 0. The van der Waals surface area contributed by atoms with Gasteiger partial charge in [0.1, 0.15) is 5.82 Å². The lowest BCUT2D eigenvalue weighted by atomic mass is 10.1. The van der Waals surface area contributed by atoms with Gasteiger partial charge in [-0.25, -0.2) is 4.39 Å². The van der Waals surface area contributed by atoms with E-state index in [-0.39, 0.29) is 11.4 Å². The van der Waals surface area contributed by atoms with Crippen LogP contribution in [0.25, 0.3) is 0 Å². The van der Waals surface area contributed by atoms with Crippen molar-refractivity contribution in [2.45, 2.75) is 32.9 Å². The predicted octanol–water partition coefficient (Wildman–Crippen LogP) is 2.22. The van der Waals surface area contributed by atoms with E-state index < -0.39 is 0 Å². The van der Waals surface area contributed by atoms with Gasteiger partial charge in [-0.15, -0.1) is 0 Å². The van der Waals surface area contributed by atoms with Gasteiger partial charge in [0.25, 0.3) is 0 Å². The van der Waals surface area contributed by atoms with E-state index in [0.29, 0.717) is 6.54 Å². The Balaban J connectivity index is 2.43. The van der Waals surface area contributed by atoms with E-state index >= 15 is 0 Å². The second kappa shape index (κ2) is 7.98. The molecule has 1 aromatic carbocycles. The normalized spacial score (nSPS) is 12.4. The Labute approximate surface area is 127 Å². The largest absolute Gasteiger partial charge is 0.355 e. The summed E-state index contributed by atoms with van der Waals surface area (Å²) in [4.78, 5) is 6.28. The van der Waals surface area contributed by atoms with Crippen LogP contribution in [0.15, 0.2) is 29.3 Å². The van der Waals surface area contributed by atoms with Gasteiger partial charge in [-0.2, -0.15) is 0 Å². The van der Waals surface area contributed by atoms with Crippen LogP contribution in [0.5, 0.6) is 0 Å². The van der Waals surface area contributed by atoms with Crippen LogP contribution in [0.3, 0.4) is 0 Å². The number of nitrogens with one attached hydrogen (secondary N) is 2. The summed E-state index contributed by atoms with van der Waals surface area (Å²) in [6, 6.07) is 6.54. The third-order valence-corrected chi connectivity index (χ3v) is 2.97. The fraction of sp³-hybridized carbons (Fsp3) is 0.562. The number of aliphatic imine (C=N–C) groups is 1. The zero-order valence-corrected chi connectivity index (χ0v) is 13.7. The fourth-order valence-corrected chi connectivity index (χ4v) is 1.94. The van der Waals surface area contributed by atoms with Gasteiger partial charge in [0, 0.05) is 39.3 Å². The molecule has 0 amide bonds. The molecule has 0 fully saturated rings. The molecule has 0 spiro atoms. The van der Waals surface area contributed by atoms with Crippen LogP contribution in [0.1, 0.15) is 26.3 Å². The van der Waals surface area contributed by atoms with Gasteiger partial charge in [-0.1, -0.05) is 12.1 Å². The van der Waals surface area contributed by atoms with Crippen molar-refractivity contribution in [2.24, 2.45) is 4.99 Å². The second-order valence-electron chi connectivity index (χ2n) is 6.13. The molecule has 2 N–H and O–H groups in total. The summed E-state index contributed by atoms with van der Waals surface area (Å²) in [7, 11) is 3.73. The van der Waals surface area contributed by atoms with Gasteiger partial charge < -0.3 is 15.5 Å². The molecule has 0 saturated heterocycles. The standard InChI is InChI=1S/C16H27FN4/c1-16(2,3)20-11-10-19-15(18-4)21(5)12-13-6-8-14(17)9-7-13/h6-9,20H,10-12H2,1-5H3,(H,18,19). The Bertz CT molecular complexity index is 448. The highest BCUT2D eigenvalue weighted by Crippen LogP contribution is 2.05. The molecule has 0 aromatic heterocycles.